The van der Waals surface area contributed by atoms with Crippen LogP contribution in [0.4, 0.5) is 45.3 Å². The number of amides is 1. The average molecular weight is 1900 g/mol. The Morgan fingerprint density at radius 1 is 0.583 bits per heavy atom. The van der Waals surface area contributed by atoms with Crippen molar-refractivity contribution in [3.63, 3.8) is 0 Å². The summed E-state index contributed by atoms with van der Waals surface area (Å²) in [6, 6.07) is 41.5. The van der Waals surface area contributed by atoms with Crippen LogP contribution in [0.1, 0.15) is 142 Å². The van der Waals surface area contributed by atoms with Crippen molar-refractivity contribution < 1.29 is 88.1 Å². The lowest BCUT2D eigenvalue weighted by atomic mass is 9.79. The maximum Gasteiger partial charge on any atom is 0.488 e. The summed E-state index contributed by atoms with van der Waals surface area (Å²) in [5, 5.41) is 48.3. The van der Waals surface area contributed by atoms with E-state index in [1.54, 1.807) is 88.6 Å². The van der Waals surface area contributed by atoms with Crippen LogP contribution in [-0.4, -0.2) is 187 Å². The monoisotopic (exact) mass is 1890 g/mol. The van der Waals surface area contributed by atoms with Crippen LogP contribution in [0.2, 0.25) is 0 Å². The topological polar surface area (TPSA) is 358 Å². The molecule has 0 saturated carbocycles. The minimum Gasteiger partial charge on any atom is -0.478 e. The maximum absolute atomic E-state index is 13.1. The van der Waals surface area contributed by atoms with Gasteiger partial charge in [0.2, 0.25) is 0 Å². The van der Waals surface area contributed by atoms with Crippen LogP contribution in [0.3, 0.4) is 0 Å². The van der Waals surface area contributed by atoms with Crippen LogP contribution in [0, 0.1) is 32.6 Å². The predicted molar refractivity (Wildman–Crippen MR) is 470 cm³/mol. The van der Waals surface area contributed by atoms with E-state index in [4.69, 9.17) is 36.1 Å². The molecule has 2 fully saturated rings. The SMILES string of the molecule is CCOC(=O)C/C(=C/N(C)C)C(C)=O.CCOC(=O)c1cnc2cc(Br)nn2c1C.Cc1c(C(=O)NCCC2CCN(Cc3ccccc3)CC2)cnc2cc(-c3cccc(C(F)(F)F)c3)nn12.Cc1c(C(=O)O)cnc2cc(-c3cccc(C(F)(F)F)c3)nn12.NCCC1CCN(Cc2ccccc2)CC1.Nc1cc(Br)[nH]n1.OB(O)c1cccc(C(F)(F)F)c1. The standard InChI is InChI=1S/C29H30F3N5O.C15H10F3N3O2.C14H22N2.C10H10BrN3O2.C10H17NO3.C7H6BF3O2.C3H4BrN3/c1-20-25(18-34-27-17-26(35-37(20)27)23-8-5-9-24(16-23)29(30,31)32)28(38)33-13-10-21-11-14-36(15-12-21)19-22-6-3-2-4-7-22;1-8-11(14(22)23)7-19-13-6-12(20-21(8)13)9-3-2-4-10(5-9)15(16,17)18;15-9-6-13-7-10-16(11-8-13)12-14-4-2-1-3-5-14;1-3-16-10(15)7-5-12-9-4-8(11)13-14(9)6(7)2;1-5-14-10(13)6-9(8(2)12)7-11(3)4;9-7(10,11)5-2-1-3-6(4-5)8(12)13;4-2-1-3(5)7-6-2/h2-9,16-18,21H,10-15,19H2,1H3,(H,33,38);2-7H,1H3,(H,22,23);1-5,13H,6-12,15H2;4-5H,3H2,1-2H3;7H,5-6H2,1-4H3;1-4,12-13H;1H,(H3,5,6,7)/b;;;;9-7-;;. The zero-order valence-electron chi connectivity index (χ0n) is 70.9. The van der Waals surface area contributed by atoms with Gasteiger partial charge in [-0.1, -0.05) is 109 Å². The van der Waals surface area contributed by atoms with Gasteiger partial charge in [0.05, 0.1) is 81.5 Å². The van der Waals surface area contributed by atoms with Gasteiger partial charge in [-0.25, -0.2) is 38.1 Å². The third kappa shape index (κ3) is 31.1. The van der Waals surface area contributed by atoms with Gasteiger partial charge in [-0.2, -0.15) is 59.9 Å². The number of hydrogen-bond acceptors (Lipinski definition) is 21. The number of ketones is 1. The quantitative estimate of drug-likeness (QED) is 0.0152. The minimum atomic E-state index is -4.45. The number of aromatic carboxylic acids is 1. The van der Waals surface area contributed by atoms with Crippen LogP contribution >= 0.6 is 31.9 Å². The van der Waals surface area contributed by atoms with E-state index in [0.717, 1.165) is 98.9 Å². The molecule has 7 aromatic heterocycles. The number of hydrogen-bond donors (Lipinski definition) is 7. The lowest BCUT2D eigenvalue weighted by Gasteiger charge is -2.32. The molecule has 676 valence electrons. The Morgan fingerprint density at radius 3 is 1.45 bits per heavy atom. The van der Waals surface area contributed by atoms with E-state index in [9.17, 15) is 63.5 Å². The molecule has 2 aliphatic heterocycles. The van der Waals surface area contributed by atoms with E-state index in [-0.39, 0.29) is 52.3 Å². The number of carboxylic acid groups (broad SMARTS) is 1. The number of anilines is 1. The first-order valence-corrected chi connectivity index (χ1v) is 41.8. The second kappa shape index (κ2) is 47.7. The summed E-state index contributed by atoms with van der Waals surface area (Å²) in [5.41, 5.74) is 16.7. The van der Waals surface area contributed by atoms with Gasteiger partial charge < -0.3 is 46.3 Å². The number of ether oxygens (including phenoxy) is 2. The zero-order chi connectivity index (χ0) is 92.9. The number of nitrogens with two attached hydrogens (primary N) is 2. The molecule has 14 rings (SSSR count). The van der Waals surface area contributed by atoms with Crippen molar-refractivity contribution in [2.24, 2.45) is 17.6 Å². The number of carbonyl (C=O) groups is 5. The fourth-order valence-electron chi connectivity index (χ4n) is 13.3. The highest BCUT2D eigenvalue weighted by Gasteiger charge is 2.34. The Balaban J connectivity index is 0.000000194. The van der Waals surface area contributed by atoms with Gasteiger partial charge in [0.1, 0.15) is 15.0 Å². The number of likely N-dealkylation sites (tertiary alicyclic amines) is 2. The number of rotatable bonds is 21. The van der Waals surface area contributed by atoms with Crippen LogP contribution in [0.25, 0.3) is 39.5 Å². The second-order valence-corrected chi connectivity index (χ2v) is 31.3. The van der Waals surface area contributed by atoms with Crippen molar-refractivity contribution in [3.05, 3.63) is 259 Å². The van der Waals surface area contributed by atoms with Gasteiger partial charge >= 0.3 is 43.6 Å². The second-order valence-electron chi connectivity index (χ2n) is 29.6. The largest absolute Gasteiger partial charge is 0.488 e. The molecular weight excluding hydrogens is 1800 g/mol. The first-order valence-electron chi connectivity index (χ1n) is 40.2. The Hall–Kier alpha value is -11.7. The summed E-state index contributed by atoms with van der Waals surface area (Å²) in [6.45, 7) is 18.8. The van der Waals surface area contributed by atoms with E-state index in [1.807, 2.05) is 6.07 Å². The first kappa shape index (κ1) is 101. The third-order valence-electron chi connectivity index (χ3n) is 20.0. The Kier molecular flexibility index (Phi) is 37.8. The van der Waals surface area contributed by atoms with Gasteiger partial charge in [-0.05, 0) is 197 Å². The highest BCUT2D eigenvalue weighted by Crippen LogP contribution is 2.35. The average Bonchev–Trinajstić information content (AvgIpc) is 1.65. The summed E-state index contributed by atoms with van der Waals surface area (Å²) in [4.78, 5) is 77.0. The van der Waals surface area contributed by atoms with Gasteiger partial charge in [0.25, 0.3) is 5.91 Å². The molecule has 0 radical (unpaired) electrons. The molecule has 12 aromatic rings. The number of Topliss-reactive ketones (excluding diaryl/α,β-unsaturated/α-hetero) is 1. The molecule has 0 bridgehead atoms. The number of esters is 2. The minimum absolute atomic E-state index is 0.0174. The normalized spacial score (nSPS) is 13.3. The van der Waals surface area contributed by atoms with Crippen molar-refractivity contribution >= 4 is 96.8 Å². The fraction of sp³-hybridized carbons (Fsp3) is 0.341. The van der Waals surface area contributed by atoms with E-state index in [2.05, 4.69) is 142 Å². The number of piperidine rings is 2. The number of fused-ring (bicyclic) bond motifs is 3. The predicted octanol–water partition coefficient (Wildman–Crippen LogP) is 15.5. The number of aromatic amines is 1. The van der Waals surface area contributed by atoms with Gasteiger partial charge in [0, 0.05) is 99.5 Å². The van der Waals surface area contributed by atoms with Gasteiger partial charge in [-0.15, -0.1) is 0 Å². The third-order valence-corrected chi connectivity index (χ3v) is 20.8. The number of carboxylic acids is 1. The van der Waals surface area contributed by atoms with Crippen molar-refractivity contribution in [2.45, 2.75) is 118 Å². The van der Waals surface area contributed by atoms with E-state index in [0.29, 0.717) is 104 Å². The molecule has 1 amide bonds. The highest BCUT2D eigenvalue weighted by molar-refractivity contribution is 9.10. The molecule has 5 aromatic carbocycles. The van der Waals surface area contributed by atoms with Crippen molar-refractivity contribution in [1.29, 1.82) is 0 Å². The number of H-pyrrole nitrogens is 1. The highest BCUT2D eigenvalue weighted by atomic mass is 79.9. The molecule has 127 heavy (non-hydrogen) atoms. The number of alkyl halides is 9. The van der Waals surface area contributed by atoms with E-state index >= 15 is 0 Å². The number of nitrogen functional groups attached to an aromatic ring is 1. The number of aryl methyl sites for hydroxylation is 3. The van der Waals surface area contributed by atoms with E-state index < -0.39 is 48.3 Å². The summed E-state index contributed by atoms with van der Waals surface area (Å²) >= 11 is 6.40. The Bertz CT molecular complexity index is 5630. The van der Waals surface area contributed by atoms with E-state index in [1.165, 1.54) is 108 Å². The summed E-state index contributed by atoms with van der Waals surface area (Å²) in [6.07, 6.45) is -0.448. The molecule has 0 spiro atoms. The molecule has 0 aliphatic carbocycles. The van der Waals surface area contributed by atoms with Crippen LogP contribution in [0.15, 0.2) is 197 Å². The number of carbonyl (C=O) groups excluding carboxylic acids is 4. The summed E-state index contributed by atoms with van der Waals surface area (Å²) in [7, 11) is 1.73. The number of benzene rings is 5. The Morgan fingerprint density at radius 2 is 1.02 bits per heavy atom. The zero-order valence-corrected chi connectivity index (χ0v) is 74.1. The molecule has 39 heteroatoms. The van der Waals surface area contributed by atoms with Gasteiger partial charge in [-0.3, -0.25) is 29.3 Å². The summed E-state index contributed by atoms with van der Waals surface area (Å²) in [5.74, 6) is -0.264. The van der Waals surface area contributed by atoms with Crippen LogP contribution in [-0.2, 0) is 50.7 Å². The van der Waals surface area contributed by atoms with Crippen LogP contribution in [0.5, 0.6) is 0 Å². The van der Waals surface area contributed by atoms with Crippen molar-refractivity contribution in [2.75, 3.05) is 72.3 Å². The molecule has 27 nitrogen and oxygen atoms in total. The first-order chi connectivity index (χ1) is 60.2. The molecule has 2 saturated heterocycles. The molecular formula is C88H99BBr2F9N17O10. The number of halogens is 11. The number of aromatic nitrogens is 11. The van der Waals surface area contributed by atoms with Gasteiger partial charge in [0.15, 0.2) is 22.7 Å². The summed E-state index contributed by atoms with van der Waals surface area (Å²) < 4.78 is 130. The molecule has 2 aliphatic rings. The maximum atomic E-state index is 13.1. The molecule has 9 N–H and O–H groups in total. The van der Waals surface area contributed by atoms with Crippen molar-refractivity contribution in [1.82, 2.24) is 74.0 Å². The lowest BCUT2D eigenvalue weighted by Crippen LogP contribution is -2.35. The lowest BCUT2D eigenvalue weighted by molar-refractivity contribution is -0.143. The van der Waals surface area contributed by atoms with Crippen molar-refractivity contribution in [3.8, 4) is 22.5 Å². The Labute approximate surface area is 744 Å². The molecule has 0 unspecified atom stereocenters. The fourth-order valence-corrected chi connectivity index (χ4v) is 14.0. The number of nitrogens with zero attached hydrogens (tertiary/aromatic N) is 13. The smallest absolute Gasteiger partial charge is 0.478 e. The molecule has 9 heterocycles. The number of nitrogens with one attached hydrogen (secondary N) is 2. The van der Waals surface area contributed by atoms with Crippen LogP contribution < -0.4 is 22.2 Å². The molecule has 0 atom stereocenters.